The molecule has 2 aromatic rings. The van der Waals surface area contributed by atoms with Gasteiger partial charge in [-0.05, 0) is 18.9 Å². The number of rotatable bonds is 3. The van der Waals surface area contributed by atoms with Crippen molar-refractivity contribution in [2.75, 3.05) is 5.32 Å². The fraction of sp³-hybridized carbons (Fsp3) is 0.231. The number of fused-ring (bicyclic) bond motifs is 1. The molecule has 0 atom stereocenters. The molecule has 4 rings (SSSR count). The zero-order valence-corrected chi connectivity index (χ0v) is 12.0. The summed E-state index contributed by atoms with van der Waals surface area (Å²) in [6, 6.07) is 1.60. The molecule has 0 radical (unpaired) electrons. The zero-order chi connectivity index (χ0) is 15.3. The van der Waals surface area contributed by atoms with Gasteiger partial charge in [0.1, 0.15) is 16.7 Å². The molecule has 0 unspecified atom stereocenters. The summed E-state index contributed by atoms with van der Waals surface area (Å²) in [4.78, 5) is 27.0. The summed E-state index contributed by atoms with van der Waals surface area (Å²) < 4.78 is 1.63. The molecule has 1 aliphatic heterocycles. The quantitative estimate of drug-likeness (QED) is 0.447. The molecule has 2 aliphatic rings. The topological polar surface area (TPSA) is 100 Å². The van der Waals surface area contributed by atoms with Gasteiger partial charge in [-0.15, -0.1) is 0 Å². The fourth-order valence-corrected chi connectivity index (χ4v) is 2.41. The Bertz CT molecular complexity index is 838. The molecule has 3 heterocycles. The van der Waals surface area contributed by atoms with Crippen molar-refractivity contribution in [3.05, 3.63) is 28.7 Å². The van der Waals surface area contributed by atoms with Crippen LogP contribution in [0.15, 0.2) is 18.0 Å². The smallest absolute Gasteiger partial charge is 0.326 e. The first kappa shape index (κ1) is 13.1. The second-order valence-corrected chi connectivity index (χ2v) is 5.57. The monoisotopic (exact) mass is 318 g/mol. The minimum absolute atomic E-state index is 0.151. The van der Waals surface area contributed by atoms with Crippen molar-refractivity contribution < 1.29 is 9.59 Å². The summed E-state index contributed by atoms with van der Waals surface area (Å²) in [5.74, 6) is 0.268. The molecule has 3 N–H and O–H groups in total. The van der Waals surface area contributed by atoms with Crippen LogP contribution in [0, 0.1) is 0 Å². The number of nitrogens with one attached hydrogen (secondary N) is 3. The second-order valence-electron chi connectivity index (χ2n) is 5.18. The molecule has 1 aliphatic carbocycles. The van der Waals surface area contributed by atoms with Crippen molar-refractivity contribution in [2.45, 2.75) is 18.9 Å². The largest absolute Gasteiger partial charge is 0.367 e. The van der Waals surface area contributed by atoms with Gasteiger partial charge in [-0.2, -0.15) is 9.61 Å². The predicted octanol–water partition coefficient (Wildman–Crippen LogP) is 1.14. The molecule has 0 aromatic carbocycles. The summed E-state index contributed by atoms with van der Waals surface area (Å²) in [6.45, 7) is 0. The maximum absolute atomic E-state index is 11.6. The average Bonchev–Trinajstić information content (AvgIpc) is 3.09. The summed E-state index contributed by atoms with van der Waals surface area (Å²) in [7, 11) is 0. The normalized spacial score (nSPS) is 19.6. The lowest BCUT2D eigenvalue weighted by Crippen LogP contribution is -2.22. The molecule has 9 heteroatoms. The molecule has 0 spiro atoms. The van der Waals surface area contributed by atoms with Crippen LogP contribution < -0.4 is 16.0 Å². The van der Waals surface area contributed by atoms with E-state index >= 15 is 0 Å². The van der Waals surface area contributed by atoms with Gasteiger partial charge in [0.15, 0.2) is 5.65 Å². The number of imide groups is 1. The van der Waals surface area contributed by atoms with E-state index < -0.39 is 11.9 Å². The number of nitrogens with zero attached hydrogens (tertiary/aromatic N) is 3. The lowest BCUT2D eigenvalue weighted by atomic mass is 10.2. The second kappa shape index (κ2) is 4.70. The van der Waals surface area contributed by atoms with Crippen LogP contribution in [0.25, 0.3) is 11.7 Å². The number of carbonyl (C=O) groups excluding carboxylic acids is 2. The Morgan fingerprint density at radius 3 is 2.86 bits per heavy atom. The molecule has 2 aromatic heterocycles. The third-order valence-electron chi connectivity index (χ3n) is 3.42. The molecular formula is C13H11ClN6O2. The number of hydrogen-bond donors (Lipinski definition) is 3. The maximum Gasteiger partial charge on any atom is 0.326 e. The SMILES string of the molecule is O=C1NC(=O)/C(=C/c2cnn3c(NC4CC4)cc(Cl)nc23)N1. The van der Waals surface area contributed by atoms with Gasteiger partial charge in [0.05, 0.1) is 6.20 Å². The minimum atomic E-state index is -0.546. The molecule has 1 saturated heterocycles. The number of hydrogen-bond acceptors (Lipinski definition) is 5. The number of halogens is 1. The first-order valence-corrected chi connectivity index (χ1v) is 7.13. The Labute approximate surface area is 129 Å². The van der Waals surface area contributed by atoms with Crippen LogP contribution in [0.5, 0.6) is 0 Å². The van der Waals surface area contributed by atoms with E-state index in [0.29, 0.717) is 22.4 Å². The van der Waals surface area contributed by atoms with Crippen LogP contribution in [0.2, 0.25) is 5.15 Å². The van der Waals surface area contributed by atoms with Gasteiger partial charge in [0.2, 0.25) is 0 Å². The van der Waals surface area contributed by atoms with Crippen LogP contribution in [0.1, 0.15) is 18.4 Å². The highest BCUT2D eigenvalue weighted by atomic mass is 35.5. The number of aromatic nitrogens is 3. The summed E-state index contributed by atoms with van der Waals surface area (Å²) in [5.41, 5.74) is 1.25. The summed E-state index contributed by atoms with van der Waals surface area (Å²) in [6.07, 6.45) is 5.33. The van der Waals surface area contributed by atoms with Gasteiger partial charge in [-0.25, -0.2) is 9.78 Å². The van der Waals surface area contributed by atoms with E-state index in [1.54, 1.807) is 16.8 Å². The van der Waals surface area contributed by atoms with Gasteiger partial charge in [0.25, 0.3) is 5.91 Å². The van der Waals surface area contributed by atoms with E-state index in [2.05, 4.69) is 26.0 Å². The van der Waals surface area contributed by atoms with Crippen LogP contribution >= 0.6 is 11.6 Å². The van der Waals surface area contributed by atoms with Crippen LogP contribution in [0.4, 0.5) is 10.6 Å². The van der Waals surface area contributed by atoms with Gasteiger partial charge < -0.3 is 10.6 Å². The minimum Gasteiger partial charge on any atom is -0.367 e. The molecule has 8 nitrogen and oxygen atoms in total. The molecule has 2 fully saturated rings. The van der Waals surface area contributed by atoms with E-state index in [1.165, 1.54) is 6.08 Å². The maximum atomic E-state index is 11.6. The van der Waals surface area contributed by atoms with E-state index in [-0.39, 0.29) is 5.70 Å². The van der Waals surface area contributed by atoms with Crippen LogP contribution in [-0.2, 0) is 4.79 Å². The van der Waals surface area contributed by atoms with Crippen molar-refractivity contribution in [3.8, 4) is 0 Å². The number of anilines is 1. The van der Waals surface area contributed by atoms with Crippen molar-refractivity contribution >= 4 is 41.1 Å². The molecule has 22 heavy (non-hydrogen) atoms. The van der Waals surface area contributed by atoms with Gasteiger partial charge >= 0.3 is 6.03 Å². The van der Waals surface area contributed by atoms with Crippen molar-refractivity contribution in [1.82, 2.24) is 25.2 Å². The summed E-state index contributed by atoms with van der Waals surface area (Å²) >= 11 is 6.06. The Morgan fingerprint density at radius 1 is 1.36 bits per heavy atom. The van der Waals surface area contributed by atoms with Crippen LogP contribution in [0.3, 0.4) is 0 Å². The van der Waals surface area contributed by atoms with Crippen LogP contribution in [-0.4, -0.2) is 32.6 Å². The third kappa shape index (κ3) is 2.27. The lowest BCUT2D eigenvalue weighted by Gasteiger charge is -2.07. The Morgan fingerprint density at radius 2 is 2.18 bits per heavy atom. The first-order valence-electron chi connectivity index (χ1n) is 6.75. The number of urea groups is 1. The number of amides is 3. The molecule has 112 valence electrons. The van der Waals surface area contributed by atoms with Crippen molar-refractivity contribution in [3.63, 3.8) is 0 Å². The first-order chi connectivity index (χ1) is 10.6. The zero-order valence-electron chi connectivity index (χ0n) is 11.3. The Balaban J connectivity index is 1.79. The molecule has 3 amide bonds. The highest BCUT2D eigenvalue weighted by Gasteiger charge is 2.25. The van der Waals surface area contributed by atoms with Gasteiger partial charge in [0, 0.05) is 17.7 Å². The van der Waals surface area contributed by atoms with Gasteiger partial charge in [-0.3, -0.25) is 10.1 Å². The highest BCUT2D eigenvalue weighted by Crippen LogP contribution is 2.27. The molecule has 1 saturated carbocycles. The third-order valence-corrected chi connectivity index (χ3v) is 3.61. The van der Waals surface area contributed by atoms with E-state index in [0.717, 1.165) is 18.7 Å². The van der Waals surface area contributed by atoms with Gasteiger partial charge in [-0.1, -0.05) is 11.6 Å². The Hall–Kier alpha value is -2.61. The average molecular weight is 319 g/mol. The van der Waals surface area contributed by atoms with E-state index in [1.807, 2.05) is 0 Å². The summed E-state index contributed by atoms with van der Waals surface area (Å²) in [5, 5.41) is 12.5. The van der Waals surface area contributed by atoms with Crippen molar-refractivity contribution in [2.24, 2.45) is 0 Å². The predicted molar refractivity (Wildman–Crippen MR) is 79.3 cm³/mol. The highest BCUT2D eigenvalue weighted by molar-refractivity contribution is 6.29. The Kier molecular flexibility index (Phi) is 2.80. The van der Waals surface area contributed by atoms with E-state index in [4.69, 9.17) is 11.6 Å². The number of carbonyl (C=O) groups is 2. The standard InChI is InChI=1S/C13H11ClN6O2/c14-9-4-10(16-7-1-2-7)20-11(18-9)6(5-15-20)3-8-12(21)19-13(22)17-8/h3-5,7,16H,1-2H2,(H2,17,19,21,22)/b8-3-. The lowest BCUT2D eigenvalue weighted by molar-refractivity contribution is -0.115. The molecular weight excluding hydrogens is 308 g/mol. The van der Waals surface area contributed by atoms with Crippen molar-refractivity contribution in [1.29, 1.82) is 0 Å². The fourth-order valence-electron chi connectivity index (χ4n) is 2.23. The van der Waals surface area contributed by atoms with E-state index in [9.17, 15) is 9.59 Å². The molecule has 0 bridgehead atoms.